The van der Waals surface area contributed by atoms with Crippen LogP contribution in [-0.2, 0) is 4.74 Å². The van der Waals surface area contributed by atoms with Gasteiger partial charge in [0.05, 0.1) is 6.10 Å². The van der Waals surface area contributed by atoms with Crippen molar-refractivity contribution in [2.24, 2.45) is 5.73 Å². The summed E-state index contributed by atoms with van der Waals surface area (Å²) < 4.78 is 5.13. The van der Waals surface area contributed by atoms with Crippen molar-refractivity contribution in [3.63, 3.8) is 0 Å². The van der Waals surface area contributed by atoms with Crippen LogP contribution in [0, 0.1) is 0 Å². The van der Waals surface area contributed by atoms with Crippen LogP contribution in [0.2, 0.25) is 0 Å². The Morgan fingerprint density at radius 3 is 3.00 bits per heavy atom. The topological polar surface area (TPSA) is 35.2 Å². The molecule has 2 N–H and O–H groups in total. The summed E-state index contributed by atoms with van der Waals surface area (Å²) in [6, 6.07) is 2.03. The van der Waals surface area contributed by atoms with Crippen molar-refractivity contribution in [1.82, 2.24) is 0 Å². The third kappa shape index (κ3) is 1.56. The van der Waals surface area contributed by atoms with E-state index in [4.69, 9.17) is 10.5 Å². The Kier molecular flexibility index (Phi) is 2.86. The number of methoxy groups -OCH3 is 1. The maximum atomic E-state index is 5.45. The molecule has 0 aliphatic rings. The van der Waals surface area contributed by atoms with Gasteiger partial charge in [-0.2, -0.15) is 11.3 Å². The molecule has 1 aromatic heterocycles. The van der Waals surface area contributed by atoms with Gasteiger partial charge >= 0.3 is 0 Å². The van der Waals surface area contributed by atoms with Crippen LogP contribution < -0.4 is 5.73 Å². The zero-order chi connectivity index (χ0) is 7.40. The van der Waals surface area contributed by atoms with Gasteiger partial charge in [0.25, 0.3) is 0 Å². The Labute approximate surface area is 64.6 Å². The summed E-state index contributed by atoms with van der Waals surface area (Å²) in [6.07, 6.45) is 0.0752. The summed E-state index contributed by atoms with van der Waals surface area (Å²) in [7, 11) is 1.68. The van der Waals surface area contributed by atoms with Gasteiger partial charge in [0.15, 0.2) is 0 Å². The van der Waals surface area contributed by atoms with Gasteiger partial charge in [-0.25, -0.2) is 0 Å². The highest BCUT2D eigenvalue weighted by Crippen LogP contribution is 2.17. The minimum atomic E-state index is 0.0752. The molecule has 0 spiro atoms. The van der Waals surface area contributed by atoms with Crippen molar-refractivity contribution >= 4 is 11.3 Å². The van der Waals surface area contributed by atoms with Crippen LogP contribution in [0.5, 0.6) is 0 Å². The summed E-state index contributed by atoms with van der Waals surface area (Å²) in [5, 5.41) is 4.08. The molecule has 1 rings (SSSR count). The van der Waals surface area contributed by atoms with Gasteiger partial charge in [-0.1, -0.05) is 0 Å². The fraction of sp³-hybridized carbons (Fsp3) is 0.429. The maximum Gasteiger partial charge on any atom is 0.0951 e. The first-order chi connectivity index (χ1) is 4.88. The van der Waals surface area contributed by atoms with Crippen molar-refractivity contribution in [3.05, 3.63) is 22.4 Å². The second kappa shape index (κ2) is 3.71. The third-order valence-corrected chi connectivity index (χ3v) is 2.12. The zero-order valence-corrected chi connectivity index (χ0v) is 6.73. The number of hydrogen-bond acceptors (Lipinski definition) is 3. The highest BCUT2D eigenvalue weighted by atomic mass is 32.1. The standard InChI is InChI=1S/C7H11NOS/c1-9-7(4-8)6-2-3-10-5-6/h2-3,5,7H,4,8H2,1H3/t7-/m1/s1. The Bertz CT molecular complexity index is 170. The molecule has 56 valence electrons. The molecular weight excluding hydrogens is 146 g/mol. The van der Waals surface area contributed by atoms with E-state index in [9.17, 15) is 0 Å². The average molecular weight is 157 g/mol. The Morgan fingerprint density at radius 2 is 2.60 bits per heavy atom. The van der Waals surface area contributed by atoms with Gasteiger partial charge in [-0.05, 0) is 22.4 Å². The van der Waals surface area contributed by atoms with E-state index >= 15 is 0 Å². The second-order valence-electron chi connectivity index (χ2n) is 2.02. The second-order valence-corrected chi connectivity index (χ2v) is 2.80. The SMILES string of the molecule is CO[C@H](CN)c1ccsc1. The lowest BCUT2D eigenvalue weighted by molar-refractivity contribution is 0.111. The van der Waals surface area contributed by atoms with E-state index < -0.39 is 0 Å². The molecule has 0 bridgehead atoms. The van der Waals surface area contributed by atoms with Crippen LogP contribution in [-0.4, -0.2) is 13.7 Å². The lowest BCUT2D eigenvalue weighted by atomic mass is 10.2. The fourth-order valence-electron chi connectivity index (χ4n) is 0.827. The van der Waals surface area contributed by atoms with Gasteiger partial charge in [-0.3, -0.25) is 0 Å². The number of ether oxygens (including phenoxy) is 1. The summed E-state index contributed by atoms with van der Waals surface area (Å²) in [4.78, 5) is 0. The summed E-state index contributed by atoms with van der Waals surface area (Å²) >= 11 is 1.66. The first-order valence-electron chi connectivity index (χ1n) is 3.13. The predicted octanol–water partition coefficient (Wildman–Crippen LogP) is 1.39. The molecule has 0 saturated carbocycles. The first kappa shape index (κ1) is 7.72. The quantitative estimate of drug-likeness (QED) is 0.719. The number of hydrogen-bond donors (Lipinski definition) is 1. The van der Waals surface area contributed by atoms with Gasteiger partial charge in [-0.15, -0.1) is 0 Å². The monoisotopic (exact) mass is 157 g/mol. The van der Waals surface area contributed by atoms with Crippen LogP contribution in [0.15, 0.2) is 16.8 Å². The van der Waals surface area contributed by atoms with Crippen molar-refractivity contribution in [1.29, 1.82) is 0 Å². The smallest absolute Gasteiger partial charge is 0.0951 e. The Morgan fingerprint density at radius 1 is 1.80 bits per heavy atom. The van der Waals surface area contributed by atoms with Crippen LogP contribution in [0.3, 0.4) is 0 Å². The van der Waals surface area contributed by atoms with Gasteiger partial charge < -0.3 is 10.5 Å². The molecular formula is C7H11NOS. The van der Waals surface area contributed by atoms with Gasteiger partial charge in [0.2, 0.25) is 0 Å². The van der Waals surface area contributed by atoms with Crippen molar-refractivity contribution in [2.75, 3.05) is 13.7 Å². The maximum absolute atomic E-state index is 5.45. The molecule has 0 fully saturated rings. The van der Waals surface area contributed by atoms with E-state index in [-0.39, 0.29) is 6.10 Å². The third-order valence-electron chi connectivity index (χ3n) is 1.41. The lowest BCUT2D eigenvalue weighted by Gasteiger charge is -2.09. The Hall–Kier alpha value is -0.380. The highest BCUT2D eigenvalue weighted by molar-refractivity contribution is 7.07. The molecule has 1 heterocycles. The summed E-state index contributed by atoms with van der Waals surface area (Å²) in [6.45, 7) is 0.549. The molecule has 3 heteroatoms. The largest absolute Gasteiger partial charge is 0.375 e. The molecule has 0 saturated heterocycles. The van der Waals surface area contributed by atoms with E-state index in [2.05, 4.69) is 5.38 Å². The van der Waals surface area contributed by atoms with Crippen LogP contribution in [0.25, 0.3) is 0 Å². The Balaban J connectivity index is 2.64. The fourth-order valence-corrected chi connectivity index (χ4v) is 1.53. The van der Waals surface area contributed by atoms with Crippen molar-refractivity contribution < 1.29 is 4.74 Å². The predicted molar refractivity (Wildman–Crippen MR) is 43.1 cm³/mol. The number of thiophene rings is 1. The molecule has 0 amide bonds. The molecule has 1 aromatic rings. The van der Waals surface area contributed by atoms with E-state index in [0.29, 0.717) is 6.54 Å². The zero-order valence-electron chi connectivity index (χ0n) is 5.91. The summed E-state index contributed by atoms with van der Waals surface area (Å²) in [5.74, 6) is 0. The minimum Gasteiger partial charge on any atom is -0.375 e. The minimum absolute atomic E-state index is 0.0752. The molecule has 2 nitrogen and oxygen atoms in total. The molecule has 1 atom stereocenters. The molecule has 0 aliphatic heterocycles. The normalized spacial score (nSPS) is 13.4. The number of rotatable bonds is 3. The lowest BCUT2D eigenvalue weighted by Crippen LogP contribution is -2.13. The molecule has 0 aliphatic carbocycles. The number of nitrogens with two attached hydrogens (primary N) is 1. The molecule has 10 heavy (non-hydrogen) atoms. The van der Waals surface area contributed by atoms with Gasteiger partial charge in [0.1, 0.15) is 0 Å². The van der Waals surface area contributed by atoms with Gasteiger partial charge in [0, 0.05) is 13.7 Å². The van der Waals surface area contributed by atoms with Crippen LogP contribution >= 0.6 is 11.3 Å². The van der Waals surface area contributed by atoms with Crippen molar-refractivity contribution in [3.8, 4) is 0 Å². The molecule has 0 unspecified atom stereocenters. The average Bonchev–Trinajstić information content (AvgIpc) is 2.43. The van der Waals surface area contributed by atoms with Crippen LogP contribution in [0.1, 0.15) is 11.7 Å². The van der Waals surface area contributed by atoms with E-state index in [1.165, 1.54) is 5.56 Å². The van der Waals surface area contributed by atoms with E-state index in [0.717, 1.165) is 0 Å². The van der Waals surface area contributed by atoms with E-state index in [1.807, 2.05) is 11.4 Å². The molecule has 0 aromatic carbocycles. The first-order valence-corrected chi connectivity index (χ1v) is 4.07. The van der Waals surface area contributed by atoms with Crippen molar-refractivity contribution in [2.45, 2.75) is 6.10 Å². The highest BCUT2D eigenvalue weighted by Gasteiger charge is 2.06. The van der Waals surface area contributed by atoms with E-state index in [1.54, 1.807) is 18.4 Å². The molecule has 0 radical (unpaired) electrons. The summed E-state index contributed by atoms with van der Waals surface area (Å²) in [5.41, 5.74) is 6.63. The van der Waals surface area contributed by atoms with Crippen LogP contribution in [0.4, 0.5) is 0 Å².